The predicted octanol–water partition coefficient (Wildman–Crippen LogP) is 13.3. The molecule has 0 spiro atoms. The molecule has 0 aliphatic rings. The van der Waals surface area contributed by atoms with E-state index in [-0.39, 0.29) is 0 Å². The zero-order valence-electron chi connectivity index (χ0n) is 29.4. The molecular formula is C51H33N3. The molecule has 0 N–H and O–H groups in total. The zero-order valence-corrected chi connectivity index (χ0v) is 29.4. The molecule has 0 radical (unpaired) electrons. The molecule has 9 aromatic carbocycles. The molecular weight excluding hydrogens is 655 g/mol. The van der Waals surface area contributed by atoms with Crippen LogP contribution in [0.5, 0.6) is 0 Å². The average Bonchev–Trinajstić information content (AvgIpc) is 3.26. The number of benzene rings is 9. The number of fused-ring (bicyclic) bond motifs is 4. The van der Waals surface area contributed by atoms with Gasteiger partial charge >= 0.3 is 0 Å². The van der Waals surface area contributed by atoms with E-state index < -0.39 is 0 Å². The summed E-state index contributed by atoms with van der Waals surface area (Å²) in [5.41, 5.74) is 10.1. The number of nitrogens with zero attached hydrogens (tertiary/aromatic N) is 3. The Morgan fingerprint density at radius 2 is 0.611 bits per heavy atom. The van der Waals surface area contributed by atoms with Crippen LogP contribution < -0.4 is 0 Å². The van der Waals surface area contributed by atoms with E-state index in [1.54, 1.807) is 0 Å². The van der Waals surface area contributed by atoms with Crippen molar-refractivity contribution in [2.45, 2.75) is 0 Å². The van der Waals surface area contributed by atoms with E-state index in [0.29, 0.717) is 17.5 Å². The van der Waals surface area contributed by atoms with Crippen LogP contribution in [-0.2, 0) is 0 Å². The van der Waals surface area contributed by atoms with Crippen molar-refractivity contribution in [3.63, 3.8) is 0 Å². The van der Waals surface area contributed by atoms with Gasteiger partial charge in [0.2, 0.25) is 0 Å². The Balaban J connectivity index is 1.16. The van der Waals surface area contributed by atoms with Crippen molar-refractivity contribution in [2.24, 2.45) is 0 Å². The Morgan fingerprint density at radius 1 is 0.222 bits per heavy atom. The van der Waals surface area contributed by atoms with Crippen LogP contribution in [0, 0.1) is 0 Å². The highest BCUT2D eigenvalue weighted by Gasteiger charge is 2.20. The van der Waals surface area contributed by atoms with Gasteiger partial charge in [-0.3, -0.25) is 0 Å². The molecule has 0 unspecified atom stereocenters. The molecule has 252 valence electrons. The summed E-state index contributed by atoms with van der Waals surface area (Å²) < 4.78 is 0. The van der Waals surface area contributed by atoms with Gasteiger partial charge in [0.25, 0.3) is 0 Å². The van der Waals surface area contributed by atoms with Gasteiger partial charge in [0.15, 0.2) is 17.5 Å². The van der Waals surface area contributed by atoms with Crippen molar-refractivity contribution >= 4 is 32.3 Å². The summed E-state index contributed by atoms with van der Waals surface area (Å²) in [4.78, 5) is 14.8. The van der Waals surface area contributed by atoms with Crippen LogP contribution in [0.3, 0.4) is 0 Å². The van der Waals surface area contributed by atoms with Gasteiger partial charge in [-0.15, -0.1) is 0 Å². The maximum Gasteiger partial charge on any atom is 0.164 e. The van der Waals surface area contributed by atoms with E-state index in [4.69, 9.17) is 15.0 Å². The third-order valence-corrected chi connectivity index (χ3v) is 10.3. The van der Waals surface area contributed by atoms with Crippen molar-refractivity contribution in [3.05, 3.63) is 200 Å². The van der Waals surface area contributed by atoms with Crippen molar-refractivity contribution in [1.82, 2.24) is 15.0 Å². The van der Waals surface area contributed by atoms with Crippen LogP contribution in [0.15, 0.2) is 200 Å². The van der Waals surface area contributed by atoms with Gasteiger partial charge in [-0.25, -0.2) is 15.0 Å². The summed E-state index contributed by atoms with van der Waals surface area (Å²) in [6.07, 6.45) is 0. The molecule has 0 amide bonds. The zero-order chi connectivity index (χ0) is 35.8. The third-order valence-electron chi connectivity index (χ3n) is 10.3. The van der Waals surface area contributed by atoms with Crippen LogP contribution in [0.4, 0.5) is 0 Å². The molecule has 1 heterocycles. The topological polar surface area (TPSA) is 38.7 Å². The quantitative estimate of drug-likeness (QED) is 0.129. The first kappa shape index (κ1) is 31.5. The average molecular weight is 688 g/mol. The summed E-state index contributed by atoms with van der Waals surface area (Å²) in [5, 5.41) is 7.46. The van der Waals surface area contributed by atoms with Crippen molar-refractivity contribution in [3.8, 4) is 67.5 Å². The molecule has 10 rings (SSSR count). The molecule has 54 heavy (non-hydrogen) atoms. The molecule has 3 nitrogen and oxygen atoms in total. The molecule has 1 aromatic heterocycles. The highest BCUT2D eigenvalue weighted by atomic mass is 15.0. The molecule has 0 atom stereocenters. The molecule has 0 bridgehead atoms. The SMILES string of the molecule is c1ccc(-c2nc(-c3ccccc3)nc(-c3ccc(-c4cccc5c4ccc4c(-c6ccccc6)c6ccccc6c(-c6ccccc6)c45)cc3)n2)cc1. The lowest BCUT2D eigenvalue weighted by molar-refractivity contribution is 1.07. The minimum atomic E-state index is 0.644. The first-order valence-electron chi connectivity index (χ1n) is 18.3. The molecule has 10 aromatic rings. The minimum absolute atomic E-state index is 0.644. The van der Waals surface area contributed by atoms with E-state index in [9.17, 15) is 0 Å². The fourth-order valence-corrected chi connectivity index (χ4v) is 7.84. The minimum Gasteiger partial charge on any atom is -0.208 e. The highest BCUT2D eigenvalue weighted by Crippen LogP contribution is 2.47. The van der Waals surface area contributed by atoms with Crippen LogP contribution in [-0.4, -0.2) is 15.0 Å². The van der Waals surface area contributed by atoms with Crippen LogP contribution >= 0.6 is 0 Å². The van der Waals surface area contributed by atoms with Crippen molar-refractivity contribution in [2.75, 3.05) is 0 Å². The Kier molecular flexibility index (Phi) is 7.81. The molecule has 0 aliphatic heterocycles. The van der Waals surface area contributed by atoms with Gasteiger partial charge in [0.05, 0.1) is 0 Å². The Hall–Kier alpha value is -7.23. The Bertz CT molecular complexity index is 2880. The highest BCUT2D eigenvalue weighted by molar-refractivity contribution is 6.28. The van der Waals surface area contributed by atoms with Gasteiger partial charge < -0.3 is 0 Å². The largest absolute Gasteiger partial charge is 0.208 e. The lowest BCUT2D eigenvalue weighted by atomic mass is 9.83. The van der Waals surface area contributed by atoms with Gasteiger partial charge in [-0.1, -0.05) is 200 Å². The standard InChI is InChI=1S/C51H33N3/c1-5-16-35(17-6-1)46-43-24-13-14-25-44(43)47(36-18-7-2-8-19-36)48-42-27-15-26-40(41(42)32-33-45(46)48)34-28-30-39(31-29-34)51-53-49(37-20-9-3-10-21-37)52-50(54-51)38-22-11-4-12-23-38/h1-33H. The lowest BCUT2D eigenvalue weighted by Crippen LogP contribution is -2.00. The Morgan fingerprint density at radius 3 is 1.15 bits per heavy atom. The summed E-state index contributed by atoms with van der Waals surface area (Å²) in [5.74, 6) is 1.95. The summed E-state index contributed by atoms with van der Waals surface area (Å²) in [7, 11) is 0. The second kappa shape index (κ2) is 13.4. The summed E-state index contributed by atoms with van der Waals surface area (Å²) >= 11 is 0. The number of rotatable bonds is 6. The van der Waals surface area contributed by atoms with Crippen molar-refractivity contribution < 1.29 is 0 Å². The number of hydrogen-bond acceptors (Lipinski definition) is 3. The molecule has 0 fully saturated rings. The number of aromatic nitrogens is 3. The third kappa shape index (κ3) is 5.51. The van der Waals surface area contributed by atoms with E-state index in [1.807, 2.05) is 60.7 Å². The van der Waals surface area contributed by atoms with Crippen LogP contribution in [0.1, 0.15) is 0 Å². The van der Waals surface area contributed by atoms with Gasteiger partial charge in [-0.2, -0.15) is 0 Å². The van der Waals surface area contributed by atoms with Gasteiger partial charge in [0.1, 0.15) is 0 Å². The molecule has 0 aliphatic carbocycles. The van der Waals surface area contributed by atoms with E-state index in [1.165, 1.54) is 60.1 Å². The monoisotopic (exact) mass is 687 g/mol. The van der Waals surface area contributed by atoms with E-state index in [0.717, 1.165) is 22.3 Å². The second-order valence-corrected chi connectivity index (χ2v) is 13.5. The fraction of sp³-hybridized carbons (Fsp3) is 0. The van der Waals surface area contributed by atoms with Crippen LogP contribution in [0.25, 0.3) is 99.9 Å². The van der Waals surface area contributed by atoms with E-state index >= 15 is 0 Å². The first-order valence-corrected chi connectivity index (χ1v) is 18.3. The first-order chi connectivity index (χ1) is 26.8. The van der Waals surface area contributed by atoms with Gasteiger partial charge in [0, 0.05) is 16.7 Å². The normalized spacial score (nSPS) is 11.3. The second-order valence-electron chi connectivity index (χ2n) is 13.5. The van der Waals surface area contributed by atoms with E-state index in [2.05, 4.69) is 140 Å². The molecule has 3 heteroatoms. The summed E-state index contributed by atoms with van der Waals surface area (Å²) in [6, 6.07) is 70.7. The number of hydrogen-bond donors (Lipinski definition) is 0. The Labute approximate surface area is 313 Å². The summed E-state index contributed by atoms with van der Waals surface area (Å²) in [6.45, 7) is 0. The maximum atomic E-state index is 4.96. The smallest absolute Gasteiger partial charge is 0.164 e. The van der Waals surface area contributed by atoms with Gasteiger partial charge in [-0.05, 0) is 65.7 Å². The fourth-order valence-electron chi connectivity index (χ4n) is 7.84. The predicted molar refractivity (Wildman–Crippen MR) is 225 cm³/mol. The van der Waals surface area contributed by atoms with Crippen molar-refractivity contribution in [1.29, 1.82) is 0 Å². The molecule has 0 saturated carbocycles. The van der Waals surface area contributed by atoms with Crippen LogP contribution in [0.2, 0.25) is 0 Å². The molecule has 0 saturated heterocycles. The lowest BCUT2D eigenvalue weighted by Gasteiger charge is -2.20. The maximum absolute atomic E-state index is 4.96.